The maximum atomic E-state index is 12.2. The van der Waals surface area contributed by atoms with Crippen molar-refractivity contribution in [1.29, 1.82) is 0 Å². The Hall–Kier alpha value is -1.83. The number of pyridine rings is 1. The molecule has 0 saturated heterocycles. The van der Waals surface area contributed by atoms with Crippen molar-refractivity contribution in [2.24, 2.45) is 0 Å². The average molecular weight is 416 g/mol. The van der Waals surface area contributed by atoms with Crippen molar-refractivity contribution in [3.63, 3.8) is 0 Å². The lowest BCUT2D eigenvalue weighted by molar-refractivity contribution is -0.139. The molecule has 0 fully saturated rings. The topological polar surface area (TPSA) is 91.3 Å². The summed E-state index contributed by atoms with van der Waals surface area (Å²) < 4.78 is 0.870. The van der Waals surface area contributed by atoms with Crippen molar-refractivity contribution in [2.75, 3.05) is 5.32 Å². The largest absolute Gasteiger partial charge is 0.480 e. The second-order valence-corrected chi connectivity index (χ2v) is 9.04. The van der Waals surface area contributed by atoms with E-state index in [1.54, 1.807) is 18.3 Å². The molecule has 0 aliphatic heterocycles. The number of nitrogens with zero attached hydrogens (tertiary/aromatic N) is 1. The average Bonchev–Trinajstić information content (AvgIpc) is 2.83. The molecular weight excluding hydrogens is 397 g/mol. The van der Waals surface area contributed by atoms with Gasteiger partial charge in [-0.3, -0.25) is 4.98 Å². The van der Waals surface area contributed by atoms with Crippen LogP contribution in [0.2, 0.25) is 8.67 Å². The summed E-state index contributed by atoms with van der Waals surface area (Å²) in [5.41, 5.74) is 1.88. The molecule has 26 heavy (non-hydrogen) atoms. The number of carboxylic acids is 1. The second-order valence-electron chi connectivity index (χ2n) is 6.76. The van der Waals surface area contributed by atoms with Gasteiger partial charge in [-0.2, -0.15) is 0 Å². The van der Waals surface area contributed by atoms with Crippen molar-refractivity contribution >= 4 is 52.2 Å². The smallest absolute Gasteiger partial charge is 0.326 e. The third-order valence-corrected chi connectivity index (χ3v) is 5.19. The zero-order valence-corrected chi connectivity index (χ0v) is 16.8. The molecule has 140 valence electrons. The predicted octanol–water partition coefficient (Wildman–Crippen LogP) is 4.56. The molecule has 0 radical (unpaired) electrons. The molecule has 1 unspecified atom stereocenters. The molecule has 1 atom stereocenters. The molecule has 9 heteroatoms. The maximum Gasteiger partial charge on any atom is 0.326 e. The van der Waals surface area contributed by atoms with Crippen LogP contribution in [-0.4, -0.2) is 28.1 Å². The Labute approximate surface area is 165 Å². The van der Waals surface area contributed by atoms with E-state index in [0.29, 0.717) is 19.9 Å². The molecule has 0 aromatic carbocycles. The van der Waals surface area contributed by atoms with Crippen LogP contribution in [0.4, 0.5) is 10.5 Å². The number of halogens is 2. The normalized spacial score (nSPS) is 12.5. The highest BCUT2D eigenvalue weighted by Gasteiger charge is 2.23. The molecule has 0 aliphatic carbocycles. The van der Waals surface area contributed by atoms with Crippen LogP contribution in [0.25, 0.3) is 0 Å². The highest BCUT2D eigenvalue weighted by atomic mass is 35.5. The number of hydrogen-bond acceptors (Lipinski definition) is 4. The number of rotatable bonds is 5. The lowest BCUT2D eigenvalue weighted by atomic mass is 9.88. The highest BCUT2D eigenvalue weighted by Crippen LogP contribution is 2.32. The summed E-state index contributed by atoms with van der Waals surface area (Å²) in [5.74, 6) is -1.17. The Kier molecular flexibility index (Phi) is 6.49. The van der Waals surface area contributed by atoms with Gasteiger partial charge >= 0.3 is 12.0 Å². The molecule has 2 rings (SSSR count). The van der Waals surface area contributed by atoms with E-state index in [9.17, 15) is 14.7 Å². The van der Waals surface area contributed by atoms with Crippen molar-refractivity contribution in [3.05, 3.63) is 44.3 Å². The van der Waals surface area contributed by atoms with Crippen LogP contribution < -0.4 is 10.6 Å². The molecule has 0 spiro atoms. The molecule has 0 aliphatic rings. The van der Waals surface area contributed by atoms with Crippen LogP contribution in [-0.2, 0) is 16.6 Å². The van der Waals surface area contributed by atoms with Crippen LogP contribution in [0.1, 0.15) is 31.9 Å². The molecule has 2 aromatic rings. The highest BCUT2D eigenvalue weighted by molar-refractivity contribution is 7.20. The van der Waals surface area contributed by atoms with E-state index in [1.807, 2.05) is 20.8 Å². The van der Waals surface area contributed by atoms with Crippen LogP contribution >= 0.6 is 34.5 Å². The van der Waals surface area contributed by atoms with Gasteiger partial charge in [0.1, 0.15) is 6.04 Å². The van der Waals surface area contributed by atoms with Gasteiger partial charge in [-0.1, -0.05) is 44.0 Å². The zero-order valence-electron chi connectivity index (χ0n) is 14.5. The SMILES string of the molecule is CC(C)(C)c1cncc(NC(=O)NC(Cc2cc(Cl)sc2Cl)C(=O)O)c1. The zero-order chi connectivity index (χ0) is 19.5. The van der Waals surface area contributed by atoms with Crippen LogP contribution in [0.5, 0.6) is 0 Å². The number of carbonyl (C=O) groups excluding carboxylic acids is 1. The first-order chi connectivity index (χ1) is 12.1. The Balaban J connectivity index is 2.06. The number of amides is 2. The van der Waals surface area contributed by atoms with E-state index in [2.05, 4.69) is 15.6 Å². The van der Waals surface area contributed by atoms with Gasteiger partial charge in [0.2, 0.25) is 0 Å². The molecule has 0 saturated carbocycles. The number of aromatic nitrogens is 1. The minimum atomic E-state index is -1.17. The third-order valence-electron chi connectivity index (χ3n) is 3.62. The Bertz CT molecular complexity index is 818. The first-order valence-corrected chi connectivity index (χ1v) is 9.33. The van der Waals surface area contributed by atoms with Gasteiger partial charge in [0, 0.05) is 12.6 Å². The number of nitrogens with one attached hydrogen (secondary N) is 2. The van der Waals surface area contributed by atoms with Crippen molar-refractivity contribution in [2.45, 2.75) is 38.6 Å². The summed E-state index contributed by atoms with van der Waals surface area (Å²) in [7, 11) is 0. The fourth-order valence-corrected chi connectivity index (χ4v) is 3.69. The summed E-state index contributed by atoms with van der Waals surface area (Å²) in [4.78, 5) is 27.8. The fourth-order valence-electron chi connectivity index (χ4n) is 2.18. The third kappa shape index (κ3) is 5.59. The summed E-state index contributed by atoms with van der Waals surface area (Å²) >= 11 is 13.0. The van der Waals surface area contributed by atoms with Gasteiger partial charge in [0.25, 0.3) is 0 Å². The predicted molar refractivity (Wildman–Crippen MR) is 105 cm³/mol. The summed E-state index contributed by atoms with van der Waals surface area (Å²) in [6, 6.07) is 1.62. The summed E-state index contributed by atoms with van der Waals surface area (Å²) in [5, 5.41) is 14.4. The minimum absolute atomic E-state index is 0.0328. The number of urea groups is 1. The monoisotopic (exact) mass is 415 g/mol. The van der Waals surface area contributed by atoms with Crippen molar-refractivity contribution in [3.8, 4) is 0 Å². The quantitative estimate of drug-likeness (QED) is 0.666. The molecule has 2 aromatic heterocycles. The molecule has 0 bridgehead atoms. The van der Waals surface area contributed by atoms with Gasteiger partial charge in [0.05, 0.1) is 20.6 Å². The van der Waals surface area contributed by atoms with E-state index in [4.69, 9.17) is 23.2 Å². The Morgan fingerprint density at radius 3 is 2.50 bits per heavy atom. The second kappa shape index (κ2) is 8.24. The first kappa shape index (κ1) is 20.5. The number of hydrogen-bond donors (Lipinski definition) is 3. The van der Waals surface area contributed by atoms with E-state index in [-0.39, 0.29) is 11.8 Å². The molecule has 2 amide bonds. The minimum Gasteiger partial charge on any atom is -0.480 e. The summed E-state index contributed by atoms with van der Waals surface area (Å²) in [6.45, 7) is 6.10. The van der Waals surface area contributed by atoms with Crippen LogP contribution in [0, 0.1) is 0 Å². The molecule has 2 heterocycles. The molecule has 6 nitrogen and oxygen atoms in total. The van der Waals surface area contributed by atoms with Crippen LogP contribution in [0.3, 0.4) is 0 Å². The van der Waals surface area contributed by atoms with E-state index in [1.165, 1.54) is 6.20 Å². The molecular formula is C17H19Cl2N3O3S. The summed E-state index contributed by atoms with van der Waals surface area (Å²) in [6.07, 6.45) is 3.26. The lowest BCUT2D eigenvalue weighted by Gasteiger charge is -2.19. The number of carboxylic acid groups (broad SMARTS) is 1. The standard InChI is InChI=1S/C17H19Cl2N3O3S/c1-17(2,3)10-6-11(8-20-7-10)21-16(25)22-12(15(23)24)4-9-5-13(18)26-14(9)19/h5-8,12H,4H2,1-3H3,(H,23,24)(H2,21,22,25). The van der Waals surface area contributed by atoms with Crippen LogP contribution in [0.15, 0.2) is 24.5 Å². The number of carbonyl (C=O) groups is 2. The number of aliphatic carboxylic acids is 1. The van der Waals surface area contributed by atoms with Gasteiger partial charge in [-0.25, -0.2) is 9.59 Å². The van der Waals surface area contributed by atoms with Gasteiger partial charge in [-0.15, -0.1) is 11.3 Å². The van der Waals surface area contributed by atoms with E-state index in [0.717, 1.165) is 16.9 Å². The van der Waals surface area contributed by atoms with Crippen molar-refractivity contribution in [1.82, 2.24) is 10.3 Å². The van der Waals surface area contributed by atoms with Gasteiger partial charge in [0.15, 0.2) is 0 Å². The van der Waals surface area contributed by atoms with Gasteiger partial charge < -0.3 is 15.7 Å². The lowest BCUT2D eigenvalue weighted by Crippen LogP contribution is -2.44. The number of anilines is 1. The number of thiophene rings is 1. The van der Waals surface area contributed by atoms with Gasteiger partial charge in [-0.05, 0) is 28.7 Å². The fraction of sp³-hybridized carbons (Fsp3) is 0.353. The Morgan fingerprint density at radius 2 is 1.96 bits per heavy atom. The van der Waals surface area contributed by atoms with E-state index < -0.39 is 18.0 Å². The Morgan fingerprint density at radius 1 is 1.27 bits per heavy atom. The van der Waals surface area contributed by atoms with Crippen molar-refractivity contribution < 1.29 is 14.7 Å². The first-order valence-electron chi connectivity index (χ1n) is 7.76. The molecule has 3 N–H and O–H groups in total. The maximum absolute atomic E-state index is 12.2. The van der Waals surface area contributed by atoms with E-state index >= 15 is 0 Å².